The molecule has 1 heterocycles. The SMILES string of the molecule is Cc1nc(C(=O)NCc2ccc(C#N)cc2F)cs1. The fraction of sp³-hybridized carbons (Fsp3) is 0.154. The average molecular weight is 275 g/mol. The molecule has 1 N–H and O–H groups in total. The lowest BCUT2D eigenvalue weighted by molar-refractivity contribution is 0.0946. The maximum absolute atomic E-state index is 13.6. The van der Waals surface area contributed by atoms with Crippen LogP contribution in [0, 0.1) is 24.1 Å². The highest BCUT2D eigenvalue weighted by Gasteiger charge is 2.10. The van der Waals surface area contributed by atoms with Gasteiger partial charge in [-0.3, -0.25) is 4.79 Å². The molecule has 0 aliphatic heterocycles. The normalized spacial score (nSPS) is 9.95. The number of hydrogen-bond donors (Lipinski definition) is 1. The molecule has 0 saturated carbocycles. The Morgan fingerprint density at radius 2 is 2.37 bits per heavy atom. The van der Waals surface area contributed by atoms with Gasteiger partial charge >= 0.3 is 0 Å². The summed E-state index contributed by atoms with van der Waals surface area (Å²) in [6, 6.07) is 6.00. The quantitative estimate of drug-likeness (QED) is 0.935. The molecule has 6 heteroatoms. The molecule has 0 saturated heterocycles. The van der Waals surface area contributed by atoms with E-state index in [4.69, 9.17) is 5.26 Å². The number of nitrogens with zero attached hydrogens (tertiary/aromatic N) is 2. The van der Waals surface area contributed by atoms with Crippen molar-refractivity contribution in [2.75, 3.05) is 0 Å². The topological polar surface area (TPSA) is 65.8 Å². The molecule has 96 valence electrons. The fourth-order valence-electron chi connectivity index (χ4n) is 1.49. The number of carbonyl (C=O) groups excluding carboxylic acids is 1. The number of aryl methyl sites for hydroxylation is 1. The van der Waals surface area contributed by atoms with Crippen LogP contribution in [0.5, 0.6) is 0 Å². The maximum Gasteiger partial charge on any atom is 0.271 e. The lowest BCUT2D eigenvalue weighted by Crippen LogP contribution is -2.23. The van der Waals surface area contributed by atoms with Gasteiger partial charge in [0.15, 0.2) is 0 Å². The van der Waals surface area contributed by atoms with E-state index in [1.54, 1.807) is 5.38 Å². The second-order valence-corrected chi connectivity index (χ2v) is 4.91. The second-order valence-electron chi connectivity index (χ2n) is 3.85. The lowest BCUT2D eigenvalue weighted by atomic mass is 10.1. The lowest BCUT2D eigenvalue weighted by Gasteiger charge is -2.05. The minimum Gasteiger partial charge on any atom is -0.346 e. The molecule has 0 atom stereocenters. The molecule has 19 heavy (non-hydrogen) atoms. The summed E-state index contributed by atoms with van der Waals surface area (Å²) in [5, 5.41) is 13.7. The molecule has 0 radical (unpaired) electrons. The number of rotatable bonds is 3. The first kappa shape index (κ1) is 13.2. The minimum absolute atomic E-state index is 0.0624. The molecule has 0 spiro atoms. The van der Waals surface area contributed by atoms with Crippen molar-refractivity contribution in [3.63, 3.8) is 0 Å². The van der Waals surface area contributed by atoms with E-state index < -0.39 is 5.82 Å². The Bertz CT molecular complexity index is 660. The molecule has 0 bridgehead atoms. The molecule has 0 aliphatic carbocycles. The largest absolute Gasteiger partial charge is 0.346 e. The van der Waals surface area contributed by atoms with Gasteiger partial charge in [0.05, 0.1) is 16.6 Å². The van der Waals surface area contributed by atoms with Gasteiger partial charge in [-0.2, -0.15) is 5.26 Å². The number of aromatic nitrogens is 1. The van der Waals surface area contributed by atoms with Gasteiger partial charge in [0, 0.05) is 17.5 Å². The highest BCUT2D eigenvalue weighted by Crippen LogP contribution is 2.11. The number of hydrogen-bond acceptors (Lipinski definition) is 4. The summed E-state index contributed by atoms with van der Waals surface area (Å²) in [7, 11) is 0. The van der Waals surface area contributed by atoms with Crippen molar-refractivity contribution in [1.29, 1.82) is 5.26 Å². The van der Waals surface area contributed by atoms with Gasteiger partial charge in [0.1, 0.15) is 11.5 Å². The van der Waals surface area contributed by atoms with E-state index in [1.165, 1.54) is 23.5 Å². The zero-order valence-corrected chi connectivity index (χ0v) is 10.9. The van der Waals surface area contributed by atoms with Gasteiger partial charge in [0.2, 0.25) is 0 Å². The van der Waals surface area contributed by atoms with Crippen LogP contribution in [0.1, 0.15) is 26.6 Å². The van der Waals surface area contributed by atoms with E-state index in [9.17, 15) is 9.18 Å². The molecular formula is C13H10FN3OS. The molecule has 0 aliphatic rings. The van der Waals surface area contributed by atoms with Crippen LogP contribution in [-0.2, 0) is 6.54 Å². The molecule has 1 aromatic carbocycles. The van der Waals surface area contributed by atoms with Gasteiger partial charge in [0.25, 0.3) is 5.91 Å². The maximum atomic E-state index is 13.6. The molecule has 2 rings (SSSR count). The van der Waals surface area contributed by atoms with Crippen LogP contribution < -0.4 is 5.32 Å². The molecule has 0 fully saturated rings. The highest BCUT2D eigenvalue weighted by molar-refractivity contribution is 7.09. The van der Waals surface area contributed by atoms with Crippen LogP contribution in [0.3, 0.4) is 0 Å². The summed E-state index contributed by atoms with van der Waals surface area (Å²) >= 11 is 1.38. The van der Waals surface area contributed by atoms with E-state index in [2.05, 4.69) is 10.3 Å². The molecule has 1 amide bonds. The van der Waals surface area contributed by atoms with Crippen molar-refractivity contribution < 1.29 is 9.18 Å². The summed E-state index contributed by atoms with van der Waals surface area (Å²) in [5.41, 5.74) is 0.915. The fourth-order valence-corrected chi connectivity index (χ4v) is 2.09. The van der Waals surface area contributed by atoms with E-state index in [0.717, 1.165) is 11.1 Å². The first-order valence-corrected chi connectivity index (χ1v) is 6.37. The van der Waals surface area contributed by atoms with Gasteiger partial charge in [-0.1, -0.05) is 6.07 Å². The van der Waals surface area contributed by atoms with Crippen molar-refractivity contribution in [3.05, 3.63) is 51.2 Å². The monoisotopic (exact) mass is 275 g/mol. The first-order chi connectivity index (χ1) is 9.10. The zero-order valence-electron chi connectivity index (χ0n) is 10.1. The summed E-state index contributed by atoms with van der Waals surface area (Å²) in [6.45, 7) is 1.87. The number of carbonyl (C=O) groups is 1. The van der Waals surface area contributed by atoms with Crippen molar-refractivity contribution in [2.24, 2.45) is 0 Å². The Labute approximate surface area is 113 Å². The van der Waals surface area contributed by atoms with E-state index in [0.29, 0.717) is 11.3 Å². The zero-order chi connectivity index (χ0) is 13.8. The van der Waals surface area contributed by atoms with Gasteiger partial charge < -0.3 is 5.32 Å². The third-order valence-corrected chi connectivity index (χ3v) is 3.25. The van der Waals surface area contributed by atoms with E-state index >= 15 is 0 Å². The van der Waals surface area contributed by atoms with Crippen molar-refractivity contribution in [2.45, 2.75) is 13.5 Å². The molecule has 2 aromatic rings. The number of nitrogens with one attached hydrogen (secondary N) is 1. The van der Waals surface area contributed by atoms with Crippen LogP contribution in [-0.4, -0.2) is 10.9 Å². The molecular weight excluding hydrogens is 265 g/mol. The van der Waals surface area contributed by atoms with Crippen molar-refractivity contribution in [3.8, 4) is 6.07 Å². The Balaban J connectivity index is 2.03. The standard InChI is InChI=1S/C13H10FN3OS/c1-8-17-12(7-19-8)13(18)16-6-10-3-2-9(5-15)4-11(10)14/h2-4,7H,6H2,1H3,(H,16,18). The van der Waals surface area contributed by atoms with Gasteiger partial charge in [-0.15, -0.1) is 11.3 Å². The second kappa shape index (κ2) is 5.59. The Morgan fingerprint density at radius 1 is 1.58 bits per heavy atom. The number of thiazole rings is 1. The summed E-state index contributed by atoms with van der Waals surface area (Å²) in [4.78, 5) is 15.8. The number of benzene rings is 1. The smallest absolute Gasteiger partial charge is 0.271 e. The number of halogens is 1. The van der Waals surface area contributed by atoms with E-state index in [1.807, 2.05) is 13.0 Å². The van der Waals surface area contributed by atoms with Crippen LogP contribution in [0.25, 0.3) is 0 Å². The average Bonchev–Trinajstić information content (AvgIpc) is 2.83. The van der Waals surface area contributed by atoms with Crippen molar-refractivity contribution >= 4 is 17.2 Å². The predicted molar refractivity (Wildman–Crippen MR) is 69.1 cm³/mol. The Hall–Kier alpha value is -2.26. The van der Waals surface area contributed by atoms with Crippen LogP contribution in [0.15, 0.2) is 23.6 Å². The van der Waals surface area contributed by atoms with E-state index in [-0.39, 0.29) is 18.0 Å². The van der Waals surface area contributed by atoms with Crippen LogP contribution in [0.2, 0.25) is 0 Å². The van der Waals surface area contributed by atoms with Crippen LogP contribution in [0.4, 0.5) is 4.39 Å². The predicted octanol–water partition coefficient (Wildman–Crippen LogP) is 2.39. The molecule has 4 nitrogen and oxygen atoms in total. The summed E-state index contributed by atoms with van der Waals surface area (Å²) in [6.07, 6.45) is 0. The third kappa shape index (κ3) is 3.14. The third-order valence-electron chi connectivity index (χ3n) is 2.47. The Morgan fingerprint density at radius 3 is 2.95 bits per heavy atom. The first-order valence-electron chi connectivity index (χ1n) is 5.49. The summed E-state index contributed by atoms with van der Waals surface area (Å²) < 4.78 is 13.6. The highest BCUT2D eigenvalue weighted by atomic mass is 32.1. The minimum atomic E-state index is -0.506. The number of nitriles is 1. The van der Waals surface area contributed by atoms with Crippen molar-refractivity contribution in [1.82, 2.24) is 10.3 Å². The number of amides is 1. The molecule has 0 unspecified atom stereocenters. The van der Waals surface area contributed by atoms with Gasteiger partial charge in [-0.05, 0) is 19.1 Å². The van der Waals surface area contributed by atoms with Crippen LogP contribution >= 0.6 is 11.3 Å². The molecule has 1 aromatic heterocycles. The summed E-state index contributed by atoms with van der Waals surface area (Å²) in [5.74, 6) is -0.845. The van der Waals surface area contributed by atoms with Gasteiger partial charge in [-0.25, -0.2) is 9.37 Å². The Kier molecular flexibility index (Phi) is 3.88.